The summed E-state index contributed by atoms with van der Waals surface area (Å²) in [4.78, 5) is 16.5. The molecule has 0 unspecified atom stereocenters. The predicted octanol–water partition coefficient (Wildman–Crippen LogP) is 3.06. The van der Waals surface area contributed by atoms with Crippen LogP contribution in [0, 0.1) is 17.8 Å². The number of aromatic nitrogens is 1. The second-order valence-electron chi connectivity index (χ2n) is 6.80. The van der Waals surface area contributed by atoms with Crippen LogP contribution in [0.15, 0.2) is 18.5 Å². The van der Waals surface area contributed by atoms with Crippen LogP contribution in [0.5, 0.6) is 0 Å². The maximum atomic E-state index is 12.5. The van der Waals surface area contributed by atoms with E-state index in [2.05, 4.69) is 10.3 Å². The zero-order valence-corrected chi connectivity index (χ0v) is 13.3. The van der Waals surface area contributed by atoms with Crippen molar-refractivity contribution in [3.8, 4) is 0 Å². The van der Waals surface area contributed by atoms with Gasteiger partial charge in [0.15, 0.2) is 0 Å². The Morgan fingerprint density at radius 1 is 1.27 bits per heavy atom. The first-order chi connectivity index (χ1) is 10.7. The molecule has 0 radical (unpaired) electrons. The highest BCUT2D eigenvalue weighted by atomic mass is 35.5. The number of nitrogens with one attached hydrogen (secondary N) is 1. The van der Waals surface area contributed by atoms with Crippen LogP contribution in [0.4, 0.5) is 0 Å². The van der Waals surface area contributed by atoms with Gasteiger partial charge < -0.3 is 10.1 Å². The summed E-state index contributed by atoms with van der Waals surface area (Å²) in [5, 5.41) is 3.74. The van der Waals surface area contributed by atoms with Gasteiger partial charge in [0.1, 0.15) is 0 Å². The van der Waals surface area contributed by atoms with Crippen molar-refractivity contribution >= 4 is 17.5 Å². The number of hydrogen-bond donors (Lipinski definition) is 1. The van der Waals surface area contributed by atoms with Crippen molar-refractivity contribution < 1.29 is 9.53 Å². The van der Waals surface area contributed by atoms with Crippen LogP contribution in [0.25, 0.3) is 0 Å². The standard InChI is InChI=1S/C17H21ClN2O2/c18-12-7-11(8-19-9-12)17(21)20-15-13-5-6-22-16(13)14(15)10-3-1-2-4-10/h7-10,13-16H,1-6H2,(H,20,21)/t13-,14+,15-,16-/m0/s1. The van der Waals surface area contributed by atoms with Gasteiger partial charge in [-0.25, -0.2) is 0 Å². The third-order valence-electron chi connectivity index (χ3n) is 5.65. The van der Waals surface area contributed by atoms with Crippen LogP contribution in [-0.2, 0) is 4.74 Å². The van der Waals surface area contributed by atoms with E-state index in [0.29, 0.717) is 34.4 Å². The Hall–Kier alpha value is -1.13. The van der Waals surface area contributed by atoms with Crippen LogP contribution >= 0.6 is 11.6 Å². The molecule has 3 fully saturated rings. The lowest BCUT2D eigenvalue weighted by molar-refractivity contribution is -0.0784. The summed E-state index contributed by atoms with van der Waals surface area (Å²) in [7, 11) is 0. The average Bonchev–Trinajstić information content (AvgIpc) is 3.15. The summed E-state index contributed by atoms with van der Waals surface area (Å²) in [6.45, 7) is 0.837. The SMILES string of the molecule is O=C(N[C@H]1[C@@H]2CCO[C@@H]2[C@@H]1C1CCCC1)c1cncc(Cl)c1. The summed E-state index contributed by atoms with van der Waals surface area (Å²) in [5.41, 5.74) is 0.542. The Bertz CT molecular complexity index is 569. The highest BCUT2D eigenvalue weighted by Gasteiger charge is 2.57. The molecule has 1 aromatic rings. The van der Waals surface area contributed by atoms with Crippen molar-refractivity contribution in [2.75, 3.05) is 6.61 Å². The molecule has 1 saturated heterocycles. The lowest BCUT2D eigenvalue weighted by Crippen LogP contribution is -2.63. The number of nitrogens with zero attached hydrogens (tertiary/aromatic N) is 1. The number of hydrogen-bond acceptors (Lipinski definition) is 3. The molecule has 0 aromatic carbocycles. The highest BCUT2D eigenvalue weighted by Crippen LogP contribution is 2.51. The van der Waals surface area contributed by atoms with Crippen molar-refractivity contribution in [1.82, 2.24) is 10.3 Å². The molecule has 4 rings (SSSR count). The van der Waals surface area contributed by atoms with Crippen molar-refractivity contribution in [3.05, 3.63) is 29.0 Å². The molecule has 118 valence electrons. The molecule has 1 aromatic heterocycles. The van der Waals surface area contributed by atoms with E-state index in [1.807, 2.05) is 0 Å². The molecule has 4 nitrogen and oxygen atoms in total. The summed E-state index contributed by atoms with van der Waals surface area (Å²) in [6.07, 6.45) is 9.74. The zero-order valence-electron chi connectivity index (χ0n) is 12.5. The second-order valence-corrected chi connectivity index (χ2v) is 7.24. The van der Waals surface area contributed by atoms with E-state index < -0.39 is 0 Å². The lowest BCUT2D eigenvalue weighted by atomic mass is 9.61. The van der Waals surface area contributed by atoms with Gasteiger partial charge >= 0.3 is 0 Å². The molecule has 2 aliphatic carbocycles. The number of halogens is 1. The average molecular weight is 321 g/mol. The molecular formula is C17H21ClN2O2. The first-order valence-electron chi connectivity index (χ1n) is 8.27. The Kier molecular flexibility index (Phi) is 3.82. The number of ether oxygens (including phenoxy) is 1. The third-order valence-corrected chi connectivity index (χ3v) is 5.85. The maximum Gasteiger partial charge on any atom is 0.253 e. The number of amides is 1. The minimum atomic E-state index is -0.0617. The number of carbonyl (C=O) groups is 1. The number of rotatable bonds is 3. The van der Waals surface area contributed by atoms with Crippen molar-refractivity contribution in [1.29, 1.82) is 0 Å². The van der Waals surface area contributed by atoms with Gasteiger partial charge in [0.05, 0.1) is 16.7 Å². The van der Waals surface area contributed by atoms with E-state index in [9.17, 15) is 4.79 Å². The fourth-order valence-corrected chi connectivity index (χ4v) is 4.80. The molecule has 3 aliphatic rings. The molecule has 0 spiro atoms. The van der Waals surface area contributed by atoms with E-state index in [-0.39, 0.29) is 11.9 Å². The van der Waals surface area contributed by atoms with E-state index in [0.717, 1.165) is 13.0 Å². The Morgan fingerprint density at radius 2 is 2.09 bits per heavy atom. The van der Waals surface area contributed by atoms with Crippen molar-refractivity contribution in [2.45, 2.75) is 44.2 Å². The fourth-order valence-electron chi connectivity index (χ4n) is 4.63. The topological polar surface area (TPSA) is 51.2 Å². The van der Waals surface area contributed by atoms with Crippen LogP contribution in [0.2, 0.25) is 5.02 Å². The molecule has 1 amide bonds. The zero-order chi connectivity index (χ0) is 15.1. The molecule has 1 aliphatic heterocycles. The Morgan fingerprint density at radius 3 is 2.86 bits per heavy atom. The normalized spacial score (nSPS) is 34.2. The minimum Gasteiger partial charge on any atom is -0.377 e. The summed E-state index contributed by atoms with van der Waals surface area (Å²) < 4.78 is 5.93. The van der Waals surface area contributed by atoms with Crippen molar-refractivity contribution in [3.63, 3.8) is 0 Å². The number of carbonyl (C=O) groups excluding carboxylic acids is 1. The van der Waals surface area contributed by atoms with Crippen molar-refractivity contribution in [2.24, 2.45) is 17.8 Å². The summed E-state index contributed by atoms with van der Waals surface area (Å²) >= 11 is 5.93. The van der Waals surface area contributed by atoms with E-state index in [1.165, 1.54) is 25.7 Å². The maximum absolute atomic E-state index is 12.5. The van der Waals surface area contributed by atoms with E-state index in [4.69, 9.17) is 16.3 Å². The molecule has 4 atom stereocenters. The van der Waals surface area contributed by atoms with Crippen LogP contribution < -0.4 is 5.32 Å². The molecule has 22 heavy (non-hydrogen) atoms. The first-order valence-corrected chi connectivity index (χ1v) is 8.65. The first kappa shape index (κ1) is 14.5. The summed E-state index contributed by atoms with van der Waals surface area (Å²) in [5.74, 6) is 1.63. The molecule has 1 N–H and O–H groups in total. The van der Waals surface area contributed by atoms with Gasteiger partial charge in [-0.2, -0.15) is 0 Å². The molecule has 2 heterocycles. The minimum absolute atomic E-state index is 0.0617. The van der Waals surface area contributed by atoms with Crippen LogP contribution in [0.3, 0.4) is 0 Å². The molecule has 0 bridgehead atoms. The number of fused-ring (bicyclic) bond motifs is 1. The van der Waals surface area contributed by atoms with Crippen LogP contribution in [-0.4, -0.2) is 29.6 Å². The van der Waals surface area contributed by atoms with Gasteiger partial charge in [0, 0.05) is 36.9 Å². The van der Waals surface area contributed by atoms with E-state index >= 15 is 0 Å². The van der Waals surface area contributed by atoms with Gasteiger partial charge in [-0.3, -0.25) is 9.78 Å². The van der Waals surface area contributed by atoms with Crippen LogP contribution in [0.1, 0.15) is 42.5 Å². The third kappa shape index (κ3) is 2.42. The predicted molar refractivity (Wildman–Crippen MR) is 83.8 cm³/mol. The monoisotopic (exact) mass is 320 g/mol. The Labute approximate surface area is 135 Å². The molecule has 2 saturated carbocycles. The molecular weight excluding hydrogens is 300 g/mol. The second kappa shape index (κ2) is 5.82. The number of pyridine rings is 1. The fraction of sp³-hybridized carbons (Fsp3) is 0.647. The van der Waals surface area contributed by atoms with Gasteiger partial charge in [0.2, 0.25) is 0 Å². The largest absolute Gasteiger partial charge is 0.377 e. The van der Waals surface area contributed by atoms with Gasteiger partial charge in [-0.05, 0) is 18.4 Å². The molecule has 5 heteroatoms. The van der Waals surface area contributed by atoms with Gasteiger partial charge in [-0.15, -0.1) is 0 Å². The van der Waals surface area contributed by atoms with E-state index in [1.54, 1.807) is 18.5 Å². The van der Waals surface area contributed by atoms with Gasteiger partial charge in [0.25, 0.3) is 5.91 Å². The smallest absolute Gasteiger partial charge is 0.253 e. The van der Waals surface area contributed by atoms with Gasteiger partial charge in [-0.1, -0.05) is 37.3 Å². The Balaban J connectivity index is 1.49. The summed E-state index contributed by atoms with van der Waals surface area (Å²) in [6, 6.07) is 1.93. The lowest BCUT2D eigenvalue weighted by Gasteiger charge is -2.50. The highest BCUT2D eigenvalue weighted by molar-refractivity contribution is 6.30. The quantitative estimate of drug-likeness (QED) is 0.931.